The molecule has 0 spiro atoms. The predicted molar refractivity (Wildman–Crippen MR) is 128 cm³/mol. The van der Waals surface area contributed by atoms with Gasteiger partial charge >= 0.3 is 6.18 Å². The Labute approximate surface area is 198 Å². The summed E-state index contributed by atoms with van der Waals surface area (Å²) in [5, 5.41) is 6.63. The van der Waals surface area contributed by atoms with Crippen LogP contribution in [0, 0.1) is 0 Å². The van der Waals surface area contributed by atoms with Gasteiger partial charge in [-0.05, 0) is 66.2 Å². The Bertz CT molecular complexity index is 1480. The highest BCUT2D eigenvalue weighted by Crippen LogP contribution is 2.32. The number of hydrogen-bond acceptors (Lipinski definition) is 6. The highest BCUT2D eigenvalue weighted by molar-refractivity contribution is 5.80. The quantitative estimate of drug-likeness (QED) is 0.255. The zero-order valence-corrected chi connectivity index (χ0v) is 18.4. The van der Waals surface area contributed by atoms with E-state index < -0.39 is 11.7 Å². The van der Waals surface area contributed by atoms with Gasteiger partial charge in [0.2, 0.25) is 11.9 Å². The van der Waals surface area contributed by atoms with E-state index in [4.69, 9.17) is 4.74 Å². The number of alkyl halides is 3. The van der Waals surface area contributed by atoms with Crippen LogP contribution < -0.4 is 15.4 Å². The molecule has 0 aliphatic carbocycles. The lowest BCUT2D eigenvalue weighted by molar-refractivity contribution is -0.137. The first-order valence-corrected chi connectivity index (χ1v) is 10.6. The van der Waals surface area contributed by atoms with E-state index in [-0.39, 0.29) is 5.69 Å². The van der Waals surface area contributed by atoms with Crippen molar-refractivity contribution < 1.29 is 17.9 Å². The number of nitrogens with zero attached hydrogens (tertiary/aromatic N) is 3. The number of H-pyrrole nitrogens is 1. The van der Waals surface area contributed by atoms with Crippen LogP contribution in [0.1, 0.15) is 5.56 Å². The van der Waals surface area contributed by atoms with E-state index in [0.717, 1.165) is 28.6 Å². The number of halogens is 3. The van der Waals surface area contributed by atoms with Crippen molar-refractivity contribution in [2.75, 3.05) is 17.7 Å². The smallest absolute Gasteiger partial charge is 0.416 e. The topological polar surface area (TPSA) is 87.8 Å². The summed E-state index contributed by atoms with van der Waals surface area (Å²) in [5.74, 6) is 2.18. The van der Waals surface area contributed by atoms with Gasteiger partial charge in [0.1, 0.15) is 11.5 Å². The molecular formula is C25H19F3N6O. The zero-order chi connectivity index (χ0) is 24.4. The molecule has 5 rings (SSSR count). The summed E-state index contributed by atoms with van der Waals surface area (Å²) in [6.45, 7) is 0. The first-order valence-electron chi connectivity index (χ1n) is 10.6. The van der Waals surface area contributed by atoms with Crippen molar-refractivity contribution in [2.45, 2.75) is 6.18 Å². The van der Waals surface area contributed by atoms with E-state index in [1.54, 1.807) is 25.5 Å². The third kappa shape index (κ3) is 5.01. The second-order valence-corrected chi connectivity index (χ2v) is 7.64. The van der Waals surface area contributed by atoms with Gasteiger partial charge in [-0.3, -0.25) is 0 Å². The van der Waals surface area contributed by atoms with E-state index >= 15 is 0 Å². The van der Waals surface area contributed by atoms with Crippen LogP contribution in [0.3, 0.4) is 0 Å². The Balaban J connectivity index is 1.28. The molecule has 0 atom stereocenters. The van der Waals surface area contributed by atoms with Crippen LogP contribution in [0.25, 0.3) is 22.2 Å². The largest absolute Gasteiger partial charge is 0.457 e. The minimum atomic E-state index is -4.41. The second-order valence-electron chi connectivity index (χ2n) is 7.64. The van der Waals surface area contributed by atoms with Crippen LogP contribution in [0.2, 0.25) is 0 Å². The number of nitrogens with one attached hydrogen (secondary N) is 3. The number of benzene rings is 3. The summed E-state index contributed by atoms with van der Waals surface area (Å²) in [4.78, 5) is 15.9. The summed E-state index contributed by atoms with van der Waals surface area (Å²) >= 11 is 0. The van der Waals surface area contributed by atoms with Gasteiger partial charge in [-0.1, -0.05) is 6.07 Å². The van der Waals surface area contributed by atoms with E-state index in [1.807, 2.05) is 42.5 Å². The molecule has 0 fully saturated rings. The number of ether oxygens (including phenoxy) is 1. The fourth-order valence-electron chi connectivity index (χ4n) is 3.48. The van der Waals surface area contributed by atoms with Gasteiger partial charge in [-0.2, -0.15) is 13.2 Å². The molecule has 0 bridgehead atoms. The van der Waals surface area contributed by atoms with E-state index in [1.165, 1.54) is 6.07 Å². The van der Waals surface area contributed by atoms with Crippen molar-refractivity contribution in [2.24, 2.45) is 0 Å². The number of aromatic amines is 1. The molecule has 35 heavy (non-hydrogen) atoms. The van der Waals surface area contributed by atoms with Gasteiger partial charge < -0.3 is 20.4 Å². The van der Waals surface area contributed by atoms with Gasteiger partial charge in [0, 0.05) is 24.3 Å². The molecule has 2 aromatic heterocycles. The lowest BCUT2D eigenvalue weighted by Crippen LogP contribution is -2.05. The highest BCUT2D eigenvalue weighted by atomic mass is 19.4. The number of aromatic nitrogens is 4. The Morgan fingerprint density at radius 3 is 2.46 bits per heavy atom. The molecule has 176 valence electrons. The number of hydrogen-bond donors (Lipinski definition) is 3. The average molecular weight is 476 g/mol. The molecule has 5 aromatic rings. The molecule has 0 aliphatic rings. The van der Waals surface area contributed by atoms with Crippen molar-refractivity contribution >= 4 is 28.5 Å². The zero-order valence-electron chi connectivity index (χ0n) is 18.4. The van der Waals surface area contributed by atoms with Crippen molar-refractivity contribution in [3.05, 3.63) is 84.7 Å². The molecule has 2 heterocycles. The summed E-state index contributed by atoms with van der Waals surface area (Å²) in [7, 11) is 1.76. The Kier molecular flexibility index (Phi) is 5.69. The van der Waals surface area contributed by atoms with Crippen LogP contribution in [0.4, 0.5) is 30.8 Å². The Morgan fingerprint density at radius 2 is 1.69 bits per heavy atom. The van der Waals surface area contributed by atoms with Crippen LogP contribution in [0.5, 0.6) is 11.5 Å². The summed E-state index contributed by atoms with van der Waals surface area (Å²) in [6, 6.07) is 17.9. The summed E-state index contributed by atoms with van der Waals surface area (Å²) in [6.07, 6.45) is -1.07. The third-order valence-electron chi connectivity index (χ3n) is 5.20. The molecule has 0 amide bonds. The molecule has 0 saturated carbocycles. The van der Waals surface area contributed by atoms with E-state index in [9.17, 15) is 13.2 Å². The van der Waals surface area contributed by atoms with Crippen molar-refractivity contribution in [3.8, 4) is 22.8 Å². The van der Waals surface area contributed by atoms with E-state index in [0.29, 0.717) is 29.1 Å². The molecule has 0 radical (unpaired) electrons. The summed E-state index contributed by atoms with van der Waals surface area (Å²) < 4.78 is 44.7. The Morgan fingerprint density at radius 1 is 0.886 bits per heavy atom. The standard InChI is InChI=1S/C25H19F3N6O/c1-29-23-30-13-16-11-20(9-10-21(16)33-23)35-19-7-5-15(6-8-19)22-14-31-24(34-22)32-18-4-2-3-17(12-18)25(26,27)28/h2-14H,1H3,(H,29,30,33)(H2,31,32,34). The van der Waals surface area contributed by atoms with Gasteiger partial charge in [-0.15, -0.1) is 0 Å². The highest BCUT2D eigenvalue weighted by Gasteiger charge is 2.30. The lowest BCUT2D eigenvalue weighted by Gasteiger charge is -2.09. The molecule has 0 saturated heterocycles. The first kappa shape index (κ1) is 22.2. The molecule has 0 aliphatic heterocycles. The molecule has 3 N–H and O–H groups in total. The molecule has 7 nitrogen and oxygen atoms in total. The van der Waals surface area contributed by atoms with Crippen molar-refractivity contribution in [1.29, 1.82) is 0 Å². The molecule has 3 aromatic carbocycles. The number of fused-ring (bicyclic) bond motifs is 1. The number of anilines is 3. The average Bonchev–Trinajstić information content (AvgIpc) is 3.32. The normalized spacial score (nSPS) is 11.4. The predicted octanol–water partition coefficient (Wildman–Crippen LogP) is 6.62. The van der Waals surface area contributed by atoms with Gasteiger partial charge in [0.15, 0.2) is 0 Å². The third-order valence-corrected chi connectivity index (χ3v) is 5.20. The van der Waals surface area contributed by atoms with Crippen LogP contribution >= 0.6 is 0 Å². The maximum atomic E-state index is 12.9. The summed E-state index contributed by atoms with van der Waals surface area (Å²) in [5.41, 5.74) is 1.91. The first-order chi connectivity index (χ1) is 16.9. The molecule has 10 heteroatoms. The monoisotopic (exact) mass is 476 g/mol. The van der Waals surface area contributed by atoms with Crippen LogP contribution in [-0.2, 0) is 6.18 Å². The lowest BCUT2D eigenvalue weighted by atomic mass is 10.1. The number of imidazole rings is 1. The minimum Gasteiger partial charge on any atom is -0.457 e. The maximum absolute atomic E-state index is 12.9. The van der Waals surface area contributed by atoms with Gasteiger partial charge in [0.05, 0.1) is 23.0 Å². The molecule has 0 unspecified atom stereocenters. The van der Waals surface area contributed by atoms with Gasteiger partial charge in [-0.25, -0.2) is 15.0 Å². The van der Waals surface area contributed by atoms with Crippen LogP contribution in [0.15, 0.2) is 79.1 Å². The van der Waals surface area contributed by atoms with Crippen molar-refractivity contribution in [3.63, 3.8) is 0 Å². The van der Waals surface area contributed by atoms with Crippen molar-refractivity contribution in [1.82, 2.24) is 19.9 Å². The fraction of sp³-hybridized carbons (Fsp3) is 0.0800. The molecular weight excluding hydrogens is 457 g/mol. The number of rotatable bonds is 6. The SMILES string of the molecule is CNc1ncc2cc(Oc3ccc(-c4cnc(Nc5cccc(C(F)(F)F)c5)[nH]4)cc3)ccc2n1. The van der Waals surface area contributed by atoms with E-state index in [2.05, 4.69) is 30.6 Å². The minimum absolute atomic E-state index is 0.285. The Hall–Kier alpha value is -4.60. The van der Waals surface area contributed by atoms with Crippen LogP contribution in [-0.4, -0.2) is 27.0 Å². The second kappa shape index (κ2) is 8.98. The fourth-order valence-corrected chi connectivity index (χ4v) is 3.48. The van der Waals surface area contributed by atoms with Gasteiger partial charge in [0.25, 0.3) is 0 Å². The maximum Gasteiger partial charge on any atom is 0.416 e.